The van der Waals surface area contributed by atoms with Gasteiger partial charge in [0, 0.05) is 19.3 Å². The van der Waals surface area contributed by atoms with Crippen molar-refractivity contribution >= 4 is 42.4 Å². The lowest BCUT2D eigenvalue weighted by molar-refractivity contribution is -0.118. The maximum absolute atomic E-state index is 13.2. The third kappa shape index (κ3) is 5.20. The Balaban J connectivity index is 1.99. The van der Waals surface area contributed by atoms with Crippen LogP contribution in [0.3, 0.4) is 0 Å². The SMILES string of the molecule is Cc1cccc(CC(=O)N(CCN(C)C)c2nc3c(S(C)(=O)=O)cccc3s2)c1. The maximum atomic E-state index is 13.2. The number of sulfone groups is 1. The number of benzene rings is 2. The van der Waals surface area contributed by atoms with E-state index in [0.717, 1.165) is 15.8 Å². The molecule has 6 nitrogen and oxygen atoms in total. The smallest absolute Gasteiger partial charge is 0.233 e. The van der Waals surface area contributed by atoms with Crippen LogP contribution < -0.4 is 4.90 Å². The number of amides is 1. The van der Waals surface area contributed by atoms with Crippen molar-refractivity contribution in [2.45, 2.75) is 18.2 Å². The summed E-state index contributed by atoms with van der Waals surface area (Å²) in [6, 6.07) is 13.0. The minimum absolute atomic E-state index is 0.0580. The minimum atomic E-state index is -3.41. The maximum Gasteiger partial charge on any atom is 0.233 e. The summed E-state index contributed by atoms with van der Waals surface area (Å²) in [5.74, 6) is -0.0580. The zero-order valence-electron chi connectivity index (χ0n) is 17.0. The first-order valence-corrected chi connectivity index (χ1v) is 12.0. The molecule has 1 amide bonds. The predicted octanol–water partition coefficient (Wildman–Crippen LogP) is 3.15. The molecule has 29 heavy (non-hydrogen) atoms. The summed E-state index contributed by atoms with van der Waals surface area (Å²) in [6.45, 7) is 3.15. The number of rotatable bonds is 7. The van der Waals surface area contributed by atoms with Gasteiger partial charge in [0.1, 0.15) is 5.52 Å². The summed E-state index contributed by atoms with van der Waals surface area (Å²) in [4.78, 5) is 21.6. The van der Waals surface area contributed by atoms with Crippen LogP contribution in [0.1, 0.15) is 11.1 Å². The standard InChI is InChI=1S/C21H25N3O3S2/c1-15-7-5-8-16(13-15)14-19(25)24(12-11-23(2)3)21-22-20-17(28-21)9-6-10-18(20)29(4,26)27/h5-10,13H,11-12,14H2,1-4H3. The summed E-state index contributed by atoms with van der Waals surface area (Å²) in [5, 5.41) is 0.524. The molecule has 0 fully saturated rings. The van der Waals surface area contributed by atoms with Crippen LogP contribution in [-0.2, 0) is 21.1 Å². The van der Waals surface area contributed by atoms with Gasteiger partial charge in [-0.05, 0) is 38.7 Å². The second-order valence-corrected chi connectivity index (χ2v) is 10.4. The van der Waals surface area contributed by atoms with Gasteiger partial charge in [-0.15, -0.1) is 0 Å². The van der Waals surface area contributed by atoms with Crippen LogP contribution in [0, 0.1) is 6.92 Å². The highest BCUT2D eigenvalue weighted by Gasteiger charge is 2.22. The monoisotopic (exact) mass is 431 g/mol. The van der Waals surface area contributed by atoms with Gasteiger partial charge in [-0.1, -0.05) is 47.2 Å². The van der Waals surface area contributed by atoms with E-state index in [1.165, 1.54) is 17.6 Å². The van der Waals surface area contributed by atoms with E-state index in [2.05, 4.69) is 4.98 Å². The molecule has 1 heterocycles. The van der Waals surface area contributed by atoms with Gasteiger partial charge in [0.25, 0.3) is 0 Å². The second-order valence-electron chi connectivity index (χ2n) is 7.39. The number of anilines is 1. The highest BCUT2D eigenvalue weighted by Crippen LogP contribution is 2.33. The Morgan fingerprint density at radius 2 is 1.83 bits per heavy atom. The molecule has 0 radical (unpaired) electrons. The molecule has 0 N–H and O–H groups in total. The van der Waals surface area contributed by atoms with E-state index < -0.39 is 9.84 Å². The molecule has 0 saturated heterocycles. The molecule has 3 aromatic rings. The topological polar surface area (TPSA) is 70.6 Å². The number of thiazole rings is 1. The Morgan fingerprint density at radius 1 is 1.10 bits per heavy atom. The fraction of sp³-hybridized carbons (Fsp3) is 0.333. The van der Waals surface area contributed by atoms with Crippen LogP contribution in [0.4, 0.5) is 5.13 Å². The van der Waals surface area contributed by atoms with E-state index in [4.69, 9.17) is 0 Å². The van der Waals surface area contributed by atoms with Gasteiger partial charge in [0.2, 0.25) is 5.91 Å². The number of hydrogen-bond acceptors (Lipinski definition) is 6. The molecule has 0 aliphatic carbocycles. The van der Waals surface area contributed by atoms with Gasteiger partial charge < -0.3 is 4.90 Å². The third-order valence-corrected chi connectivity index (χ3v) is 6.68. The first-order valence-electron chi connectivity index (χ1n) is 9.25. The van der Waals surface area contributed by atoms with Gasteiger partial charge in [-0.2, -0.15) is 0 Å². The predicted molar refractivity (Wildman–Crippen MR) is 119 cm³/mol. The Morgan fingerprint density at radius 3 is 2.48 bits per heavy atom. The Hall–Kier alpha value is -2.29. The zero-order valence-corrected chi connectivity index (χ0v) is 18.7. The molecule has 0 saturated carbocycles. The van der Waals surface area contributed by atoms with Crippen molar-refractivity contribution in [3.05, 3.63) is 53.6 Å². The summed E-state index contributed by atoms with van der Waals surface area (Å²) >= 11 is 1.34. The van der Waals surface area contributed by atoms with Crippen LogP contribution >= 0.6 is 11.3 Å². The van der Waals surface area contributed by atoms with E-state index >= 15 is 0 Å². The van der Waals surface area contributed by atoms with Gasteiger partial charge in [-0.3, -0.25) is 9.69 Å². The van der Waals surface area contributed by atoms with E-state index in [9.17, 15) is 13.2 Å². The number of para-hydroxylation sites is 1. The molecule has 8 heteroatoms. The van der Waals surface area contributed by atoms with E-state index in [-0.39, 0.29) is 17.2 Å². The molecular weight excluding hydrogens is 406 g/mol. The van der Waals surface area contributed by atoms with Crippen LogP contribution in [0.2, 0.25) is 0 Å². The Kier molecular flexibility index (Phi) is 6.36. The Labute approximate surface area is 175 Å². The minimum Gasteiger partial charge on any atom is -0.308 e. The van der Waals surface area contributed by atoms with Crippen molar-refractivity contribution in [1.29, 1.82) is 0 Å². The van der Waals surface area contributed by atoms with Gasteiger partial charge in [0.05, 0.1) is 16.0 Å². The summed E-state index contributed by atoms with van der Waals surface area (Å²) in [7, 11) is 0.487. The number of aryl methyl sites for hydroxylation is 1. The number of carbonyl (C=O) groups excluding carboxylic acids is 1. The summed E-state index contributed by atoms with van der Waals surface area (Å²) in [6.07, 6.45) is 1.44. The van der Waals surface area contributed by atoms with Crippen molar-refractivity contribution in [2.24, 2.45) is 0 Å². The number of hydrogen-bond donors (Lipinski definition) is 0. The van der Waals surface area contributed by atoms with Crippen molar-refractivity contribution in [1.82, 2.24) is 9.88 Å². The lowest BCUT2D eigenvalue weighted by atomic mass is 10.1. The van der Waals surface area contributed by atoms with Crippen LogP contribution in [0.5, 0.6) is 0 Å². The number of aromatic nitrogens is 1. The van der Waals surface area contributed by atoms with Crippen molar-refractivity contribution in [2.75, 3.05) is 38.3 Å². The average Bonchev–Trinajstić information content (AvgIpc) is 3.04. The molecule has 0 unspecified atom stereocenters. The van der Waals surface area contributed by atoms with Crippen LogP contribution in [0.25, 0.3) is 10.2 Å². The fourth-order valence-electron chi connectivity index (χ4n) is 3.05. The van der Waals surface area contributed by atoms with E-state index in [1.807, 2.05) is 56.3 Å². The molecule has 0 aliphatic heterocycles. The molecule has 0 atom stereocenters. The number of carbonyl (C=O) groups is 1. The van der Waals surface area contributed by atoms with E-state index in [0.29, 0.717) is 23.7 Å². The van der Waals surface area contributed by atoms with Crippen molar-refractivity contribution in [3.63, 3.8) is 0 Å². The first kappa shape index (κ1) is 21.4. The molecule has 3 rings (SSSR count). The molecule has 0 aliphatic rings. The molecular formula is C21H25N3O3S2. The molecule has 0 bridgehead atoms. The summed E-state index contributed by atoms with van der Waals surface area (Å²) < 4.78 is 25.0. The highest BCUT2D eigenvalue weighted by molar-refractivity contribution is 7.91. The van der Waals surface area contributed by atoms with Crippen molar-refractivity contribution < 1.29 is 13.2 Å². The first-order chi connectivity index (χ1) is 13.6. The quantitative estimate of drug-likeness (QED) is 0.575. The lowest BCUT2D eigenvalue weighted by Gasteiger charge is -2.22. The lowest BCUT2D eigenvalue weighted by Crippen LogP contribution is -2.37. The fourth-order valence-corrected chi connectivity index (χ4v) is 4.98. The summed E-state index contributed by atoms with van der Waals surface area (Å²) in [5.41, 5.74) is 2.48. The second kappa shape index (κ2) is 8.61. The normalized spacial score (nSPS) is 11.9. The average molecular weight is 432 g/mol. The third-order valence-electron chi connectivity index (χ3n) is 4.51. The zero-order chi connectivity index (χ0) is 21.2. The number of fused-ring (bicyclic) bond motifs is 1. The van der Waals surface area contributed by atoms with Gasteiger partial charge in [0.15, 0.2) is 15.0 Å². The van der Waals surface area contributed by atoms with Gasteiger partial charge >= 0.3 is 0 Å². The number of nitrogens with zero attached hydrogens (tertiary/aromatic N) is 3. The molecule has 0 spiro atoms. The highest BCUT2D eigenvalue weighted by atomic mass is 32.2. The number of likely N-dealkylation sites (N-methyl/N-ethyl adjacent to an activating group) is 1. The largest absolute Gasteiger partial charge is 0.308 e. The van der Waals surface area contributed by atoms with Gasteiger partial charge in [-0.25, -0.2) is 13.4 Å². The van der Waals surface area contributed by atoms with Crippen LogP contribution in [0.15, 0.2) is 47.4 Å². The Bertz CT molecular complexity index is 1140. The van der Waals surface area contributed by atoms with Crippen LogP contribution in [-0.4, -0.2) is 57.6 Å². The van der Waals surface area contributed by atoms with E-state index in [1.54, 1.807) is 17.0 Å². The van der Waals surface area contributed by atoms with Crippen molar-refractivity contribution in [3.8, 4) is 0 Å². The molecule has 1 aromatic heterocycles. The molecule has 154 valence electrons. The molecule has 2 aromatic carbocycles.